The Morgan fingerprint density at radius 1 is 1.22 bits per heavy atom. The van der Waals surface area contributed by atoms with E-state index >= 15 is 0 Å². The molecular formula is C23H32ClN3O5. The van der Waals surface area contributed by atoms with Crippen molar-refractivity contribution in [3.63, 3.8) is 0 Å². The first-order valence-corrected chi connectivity index (χ1v) is 11.4. The molecule has 2 fully saturated rings. The summed E-state index contributed by atoms with van der Waals surface area (Å²) < 4.78 is 10.4. The summed E-state index contributed by atoms with van der Waals surface area (Å²) in [6.45, 7) is 5.15. The van der Waals surface area contributed by atoms with E-state index in [4.69, 9.17) is 21.1 Å². The number of carbonyl (C=O) groups is 3. The molecule has 0 spiro atoms. The smallest absolute Gasteiger partial charge is 0.241 e. The number of morpholine rings is 1. The van der Waals surface area contributed by atoms with E-state index in [0.717, 1.165) is 39.3 Å². The van der Waals surface area contributed by atoms with Crippen molar-refractivity contribution in [3.8, 4) is 0 Å². The van der Waals surface area contributed by atoms with Crippen molar-refractivity contribution in [2.24, 2.45) is 0 Å². The second-order valence-corrected chi connectivity index (χ2v) is 8.79. The Balaban J connectivity index is 1.73. The first-order valence-electron chi connectivity index (χ1n) is 11.0. The number of imide groups is 1. The molecule has 0 saturated carbocycles. The fourth-order valence-corrected chi connectivity index (χ4v) is 4.69. The van der Waals surface area contributed by atoms with Gasteiger partial charge in [0.15, 0.2) is 0 Å². The molecule has 0 radical (unpaired) electrons. The van der Waals surface area contributed by atoms with Crippen molar-refractivity contribution in [3.05, 3.63) is 34.9 Å². The van der Waals surface area contributed by atoms with Crippen LogP contribution in [0.2, 0.25) is 5.02 Å². The van der Waals surface area contributed by atoms with Crippen LogP contribution in [0.4, 0.5) is 0 Å². The lowest BCUT2D eigenvalue weighted by Crippen LogP contribution is -2.44. The molecule has 2 saturated heterocycles. The standard InChI is InChI=1S/C23H32ClN3O5/c1-25(8-5-9-26-10-14-32-15-11-26)20(28)16-23(18-6-3-4-7-19(18)24)17-21(29)27(22(23)30)12-13-31-2/h3-4,6-7H,5,8-17H2,1-2H3. The van der Waals surface area contributed by atoms with Crippen LogP contribution in [-0.4, -0.2) is 99.1 Å². The van der Waals surface area contributed by atoms with Gasteiger partial charge in [0, 0.05) is 58.2 Å². The molecule has 32 heavy (non-hydrogen) atoms. The summed E-state index contributed by atoms with van der Waals surface area (Å²) in [4.78, 5) is 44.6. The van der Waals surface area contributed by atoms with Crippen LogP contribution in [0.15, 0.2) is 24.3 Å². The predicted molar refractivity (Wildman–Crippen MR) is 120 cm³/mol. The maximum absolute atomic E-state index is 13.5. The van der Waals surface area contributed by atoms with Crippen LogP contribution in [0, 0.1) is 0 Å². The SMILES string of the molecule is COCCN1C(=O)CC(CC(=O)N(C)CCCN2CCOCC2)(c2ccccc2Cl)C1=O. The van der Waals surface area contributed by atoms with Crippen LogP contribution in [0.1, 0.15) is 24.8 Å². The second-order valence-electron chi connectivity index (χ2n) is 8.38. The van der Waals surface area contributed by atoms with Gasteiger partial charge in [0.25, 0.3) is 0 Å². The molecule has 0 aromatic heterocycles. The van der Waals surface area contributed by atoms with Gasteiger partial charge in [-0.05, 0) is 18.1 Å². The molecule has 2 aliphatic heterocycles. The van der Waals surface area contributed by atoms with Crippen molar-refractivity contribution in [1.29, 1.82) is 0 Å². The summed E-state index contributed by atoms with van der Waals surface area (Å²) in [5.74, 6) is -0.876. The summed E-state index contributed by atoms with van der Waals surface area (Å²) in [5, 5.41) is 0.380. The number of hydrogen-bond donors (Lipinski definition) is 0. The normalized spacial score (nSPS) is 21.9. The Kier molecular flexibility index (Phi) is 8.64. The average molecular weight is 466 g/mol. The Bertz CT molecular complexity index is 830. The van der Waals surface area contributed by atoms with E-state index < -0.39 is 5.41 Å². The van der Waals surface area contributed by atoms with E-state index in [9.17, 15) is 14.4 Å². The van der Waals surface area contributed by atoms with E-state index in [1.807, 2.05) is 0 Å². The zero-order valence-electron chi connectivity index (χ0n) is 18.8. The summed E-state index contributed by atoms with van der Waals surface area (Å²) in [5.41, 5.74) is -0.770. The minimum absolute atomic E-state index is 0.0767. The van der Waals surface area contributed by atoms with Gasteiger partial charge in [0.2, 0.25) is 17.7 Å². The maximum Gasteiger partial charge on any atom is 0.241 e. The van der Waals surface area contributed by atoms with Gasteiger partial charge in [-0.15, -0.1) is 0 Å². The number of hydrogen-bond acceptors (Lipinski definition) is 6. The topological polar surface area (TPSA) is 79.4 Å². The highest BCUT2D eigenvalue weighted by Crippen LogP contribution is 2.43. The Morgan fingerprint density at radius 2 is 1.94 bits per heavy atom. The first-order chi connectivity index (χ1) is 15.4. The molecule has 1 aromatic rings. The van der Waals surface area contributed by atoms with Crippen LogP contribution in [0.25, 0.3) is 0 Å². The molecule has 1 aromatic carbocycles. The lowest BCUT2D eigenvalue weighted by Gasteiger charge is -2.30. The van der Waals surface area contributed by atoms with Gasteiger partial charge in [-0.2, -0.15) is 0 Å². The fourth-order valence-electron chi connectivity index (χ4n) is 4.38. The van der Waals surface area contributed by atoms with Crippen LogP contribution < -0.4 is 0 Å². The number of likely N-dealkylation sites (tertiary alicyclic amines) is 1. The molecule has 8 nitrogen and oxygen atoms in total. The van der Waals surface area contributed by atoms with E-state index in [-0.39, 0.29) is 43.7 Å². The molecule has 0 N–H and O–H groups in total. The molecular weight excluding hydrogens is 434 g/mol. The van der Waals surface area contributed by atoms with Gasteiger partial charge in [0.05, 0.1) is 31.8 Å². The maximum atomic E-state index is 13.5. The van der Waals surface area contributed by atoms with Gasteiger partial charge in [-0.25, -0.2) is 0 Å². The average Bonchev–Trinajstić information content (AvgIpc) is 3.02. The summed E-state index contributed by atoms with van der Waals surface area (Å²) in [6, 6.07) is 6.96. The Labute approximate surface area is 194 Å². The lowest BCUT2D eigenvalue weighted by molar-refractivity contribution is -0.143. The third-order valence-corrected chi connectivity index (χ3v) is 6.60. The number of ether oxygens (including phenoxy) is 2. The van der Waals surface area contributed by atoms with Crippen molar-refractivity contribution in [1.82, 2.24) is 14.7 Å². The summed E-state index contributed by atoms with van der Waals surface area (Å²) >= 11 is 6.44. The molecule has 3 rings (SSSR count). The summed E-state index contributed by atoms with van der Waals surface area (Å²) in [6.07, 6.45) is 0.652. The first kappa shape index (κ1) is 24.6. The van der Waals surface area contributed by atoms with Crippen LogP contribution in [-0.2, 0) is 29.3 Å². The quantitative estimate of drug-likeness (QED) is 0.488. The van der Waals surface area contributed by atoms with Gasteiger partial charge in [-0.1, -0.05) is 29.8 Å². The highest BCUT2D eigenvalue weighted by atomic mass is 35.5. The molecule has 2 aliphatic rings. The van der Waals surface area contributed by atoms with Crippen molar-refractivity contribution >= 4 is 29.3 Å². The lowest BCUT2D eigenvalue weighted by atomic mass is 9.75. The van der Waals surface area contributed by atoms with Gasteiger partial charge in [0.1, 0.15) is 0 Å². The molecule has 3 amide bonds. The van der Waals surface area contributed by atoms with Crippen LogP contribution in [0.5, 0.6) is 0 Å². The van der Waals surface area contributed by atoms with Crippen LogP contribution >= 0.6 is 11.6 Å². The molecule has 0 bridgehead atoms. The number of methoxy groups -OCH3 is 1. The zero-order valence-corrected chi connectivity index (χ0v) is 19.6. The molecule has 1 atom stereocenters. The predicted octanol–water partition coefficient (Wildman–Crippen LogP) is 1.55. The minimum atomic E-state index is -1.29. The monoisotopic (exact) mass is 465 g/mol. The number of rotatable bonds is 10. The van der Waals surface area contributed by atoms with Crippen molar-refractivity contribution < 1.29 is 23.9 Å². The van der Waals surface area contributed by atoms with E-state index in [2.05, 4.69) is 4.90 Å². The highest BCUT2D eigenvalue weighted by Gasteiger charge is 2.54. The molecule has 9 heteroatoms. The number of benzene rings is 1. The Hall–Kier alpha value is -2.00. The fraction of sp³-hybridized carbons (Fsp3) is 0.609. The molecule has 176 valence electrons. The summed E-state index contributed by atoms with van der Waals surface area (Å²) in [7, 11) is 3.26. The number of nitrogens with zero attached hydrogens (tertiary/aromatic N) is 3. The van der Waals surface area contributed by atoms with Crippen molar-refractivity contribution in [2.75, 3.05) is 66.7 Å². The van der Waals surface area contributed by atoms with Crippen LogP contribution in [0.3, 0.4) is 0 Å². The Morgan fingerprint density at radius 3 is 2.62 bits per heavy atom. The number of amides is 3. The van der Waals surface area contributed by atoms with E-state index in [1.165, 1.54) is 12.0 Å². The van der Waals surface area contributed by atoms with Crippen molar-refractivity contribution in [2.45, 2.75) is 24.7 Å². The van der Waals surface area contributed by atoms with E-state index in [1.54, 1.807) is 36.2 Å². The zero-order chi connectivity index (χ0) is 23.1. The second kappa shape index (κ2) is 11.2. The van der Waals surface area contributed by atoms with Gasteiger partial charge < -0.3 is 14.4 Å². The van der Waals surface area contributed by atoms with E-state index in [0.29, 0.717) is 17.1 Å². The molecule has 0 aliphatic carbocycles. The third-order valence-electron chi connectivity index (χ3n) is 6.27. The largest absolute Gasteiger partial charge is 0.383 e. The number of carbonyl (C=O) groups excluding carboxylic acids is 3. The highest BCUT2D eigenvalue weighted by molar-refractivity contribution is 6.32. The molecule has 1 unspecified atom stereocenters. The minimum Gasteiger partial charge on any atom is -0.383 e. The number of halogens is 1. The van der Waals surface area contributed by atoms with Gasteiger partial charge >= 0.3 is 0 Å². The third kappa shape index (κ3) is 5.49. The van der Waals surface area contributed by atoms with Gasteiger partial charge in [-0.3, -0.25) is 24.2 Å². The molecule has 2 heterocycles.